The van der Waals surface area contributed by atoms with Crippen molar-refractivity contribution in [2.24, 2.45) is 0 Å². The van der Waals surface area contributed by atoms with Gasteiger partial charge in [-0.05, 0) is 60.6 Å². The van der Waals surface area contributed by atoms with Crippen molar-refractivity contribution < 1.29 is 5.11 Å². The molecule has 3 aromatic rings. The van der Waals surface area contributed by atoms with Crippen LogP contribution in [-0.2, 0) is 12.8 Å². The highest BCUT2D eigenvalue weighted by Gasteiger charge is 2.13. The van der Waals surface area contributed by atoms with E-state index in [-0.39, 0.29) is 17.4 Å². The Balaban J connectivity index is 1.66. The molecule has 0 aliphatic heterocycles. The summed E-state index contributed by atoms with van der Waals surface area (Å²) in [4.78, 5) is 21.4. The van der Waals surface area contributed by atoms with Gasteiger partial charge in [0.15, 0.2) is 0 Å². The SMILES string of the molecule is CN(C)[C@H](CNc1nc(Cc2ccsc2)cc(=O)[nH]1)Cc1ccc(O)cc1. The molecule has 0 radical (unpaired) electrons. The van der Waals surface area contributed by atoms with E-state index >= 15 is 0 Å². The summed E-state index contributed by atoms with van der Waals surface area (Å²) in [5.41, 5.74) is 2.89. The van der Waals surface area contributed by atoms with Crippen LogP contribution < -0.4 is 10.9 Å². The fourth-order valence-corrected chi connectivity index (χ4v) is 3.51. The Kier molecular flexibility index (Phi) is 6.26. The minimum absolute atomic E-state index is 0.155. The number of nitrogens with zero attached hydrogens (tertiary/aromatic N) is 2. The number of anilines is 1. The lowest BCUT2D eigenvalue weighted by atomic mass is 10.1. The van der Waals surface area contributed by atoms with Crippen molar-refractivity contribution in [2.45, 2.75) is 18.9 Å². The molecule has 0 saturated carbocycles. The molecule has 27 heavy (non-hydrogen) atoms. The molecule has 0 unspecified atom stereocenters. The Hall–Kier alpha value is -2.64. The quantitative estimate of drug-likeness (QED) is 0.556. The van der Waals surface area contributed by atoms with Crippen LogP contribution in [0.25, 0.3) is 0 Å². The first-order chi connectivity index (χ1) is 13.0. The first-order valence-corrected chi connectivity index (χ1v) is 9.73. The fourth-order valence-electron chi connectivity index (χ4n) is 2.84. The summed E-state index contributed by atoms with van der Waals surface area (Å²) in [7, 11) is 4.05. The highest BCUT2D eigenvalue weighted by molar-refractivity contribution is 7.07. The highest BCUT2D eigenvalue weighted by Crippen LogP contribution is 2.14. The van der Waals surface area contributed by atoms with E-state index in [0.29, 0.717) is 18.9 Å². The van der Waals surface area contributed by atoms with Crippen molar-refractivity contribution in [3.8, 4) is 5.75 Å². The lowest BCUT2D eigenvalue weighted by molar-refractivity contribution is 0.303. The van der Waals surface area contributed by atoms with Gasteiger partial charge in [0.1, 0.15) is 5.75 Å². The van der Waals surface area contributed by atoms with Gasteiger partial charge < -0.3 is 15.3 Å². The van der Waals surface area contributed by atoms with Crippen LogP contribution in [0.3, 0.4) is 0 Å². The summed E-state index contributed by atoms with van der Waals surface area (Å²) < 4.78 is 0. The first kappa shape index (κ1) is 19.1. The molecule has 6 nitrogen and oxygen atoms in total. The fraction of sp³-hybridized carbons (Fsp3) is 0.300. The Morgan fingerprint density at radius 3 is 2.67 bits per heavy atom. The largest absolute Gasteiger partial charge is 0.508 e. The molecule has 0 aliphatic carbocycles. The maximum Gasteiger partial charge on any atom is 0.252 e. The molecule has 142 valence electrons. The monoisotopic (exact) mass is 384 g/mol. The van der Waals surface area contributed by atoms with E-state index < -0.39 is 0 Å². The number of aromatic amines is 1. The molecule has 0 saturated heterocycles. The zero-order valence-corrected chi connectivity index (χ0v) is 16.3. The summed E-state index contributed by atoms with van der Waals surface area (Å²) in [5, 5.41) is 16.8. The normalized spacial score (nSPS) is 12.3. The summed E-state index contributed by atoms with van der Waals surface area (Å²) in [5.74, 6) is 0.757. The molecular weight excluding hydrogens is 360 g/mol. The maximum atomic E-state index is 12.0. The van der Waals surface area contributed by atoms with E-state index in [1.165, 1.54) is 0 Å². The van der Waals surface area contributed by atoms with Gasteiger partial charge in [-0.2, -0.15) is 11.3 Å². The summed E-state index contributed by atoms with van der Waals surface area (Å²) in [6, 6.07) is 11.0. The van der Waals surface area contributed by atoms with Crippen LogP contribution in [0.1, 0.15) is 16.8 Å². The number of thiophene rings is 1. The third-order valence-electron chi connectivity index (χ3n) is 4.40. The van der Waals surface area contributed by atoms with Crippen LogP contribution in [0.5, 0.6) is 5.75 Å². The van der Waals surface area contributed by atoms with Gasteiger partial charge >= 0.3 is 0 Å². The molecule has 0 spiro atoms. The number of phenolic OH excluding ortho intramolecular Hbond substituents is 1. The number of rotatable bonds is 8. The molecule has 0 bridgehead atoms. The highest BCUT2D eigenvalue weighted by atomic mass is 32.1. The Labute approximate surface area is 162 Å². The lowest BCUT2D eigenvalue weighted by Gasteiger charge is -2.25. The number of nitrogens with one attached hydrogen (secondary N) is 2. The number of H-pyrrole nitrogens is 1. The number of benzene rings is 1. The van der Waals surface area contributed by atoms with Gasteiger partial charge in [-0.3, -0.25) is 9.78 Å². The zero-order chi connectivity index (χ0) is 19.2. The Bertz CT molecular complexity index is 904. The third-order valence-corrected chi connectivity index (χ3v) is 5.14. The van der Waals surface area contributed by atoms with Crippen molar-refractivity contribution in [3.63, 3.8) is 0 Å². The summed E-state index contributed by atoms with van der Waals surface area (Å²) in [6.45, 7) is 0.638. The molecule has 0 fully saturated rings. The molecule has 7 heteroatoms. The smallest absolute Gasteiger partial charge is 0.252 e. The molecule has 1 atom stereocenters. The van der Waals surface area contributed by atoms with Crippen LogP contribution in [0, 0.1) is 0 Å². The van der Waals surface area contributed by atoms with Gasteiger partial charge in [-0.15, -0.1) is 0 Å². The van der Waals surface area contributed by atoms with Crippen molar-refractivity contribution in [1.82, 2.24) is 14.9 Å². The topological polar surface area (TPSA) is 81.2 Å². The molecule has 3 rings (SSSR count). The van der Waals surface area contributed by atoms with Crippen molar-refractivity contribution >= 4 is 17.3 Å². The van der Waals surface area contributed by atoms with E-state index in [1.54, 1.807) is 29.5 Å². The molecule has 1 aromatic carbocycles. The maximum absolute atomic E-state index is 12.0. The minimum Gasteiger partial charge on any atom is -0.508 e. The lowest BCUT2D eigenvalue weighted by Crippen LogP contribution is -2.37. The number of aromatic hydroxyl groups is 1. The van der Waals surface area contributed by atoms with Crippen LogP contribution in [0.2, 0.25) is 0 Å². The second-order valence-corrected chi connectivity index (χ2v) is 7.54. The molecular formula is C20H24N4O2S. The van der Waals surface area contributed by atoms with Crippen LogP contribution in [-0.4, -0.2) is 46.7 Å². The van der Waals surface area contributed by atoms with Crippen molar-refractivity contribution in [3.05, 3.63) is 74.3 Å². The van der Waals surface area contributed by atoms with Gasteiger partial charge in [0, 0.05) is 25.1 Å². The van der Waals surface area contributed by atoms with E-state index in [2.05, 4.69) is 25.6 Å². The second kappa shape index (κ2) is 8.83. The van der Waals surface area contributed by atoms with Gasteiger partial charge in [-0.1, -0.05) is 12.1 Å². The van der Waals surface area contributed by atoms with Gasteiger partial charge in [0.2, 0.25) is 5.95 Å². The van der Waals surface area contributed by atoms with Gasteiger partial charge in [0.25, 0.3) is 5.56 Å². The number of phenols is 1. The first-order valence-electron chi connectivity index (χ1n) is 8.79. The third kappa shape index (κ3) is 5.67. The van der Waals surface area contributed by atoms with E-state index in [0.717, 1.165) is 23.2 Å². The van der Waals surface area contributed by atoms with Gasteiger partial charge in [0.05, 0.1) is 5.69 Å². The average molecular weight is 385 g/mol. The van der Waals surface area contributed by atoms with Crippen LogP contribution in [0.15, 0.2) is 52.0 Å². The molecule has 0 amide bonds. The Morgan fingerprint density at radius 2 is 2.00 bits per heavy atom. The van der Waals surface area contributed by atoms with E-state index in [1.807, 2.05) is 37.7 Å². The molecule has 2 aromatic heterocycles. The standard InChI is InChI=1S/C20H24N4O2S/c1-24(2)17(10-14-3-5-18(25)6-4-14)12-21-20-22-16(11-19(26)23-20)9-15-7-8-27-13-15/h3-8,11,13,17,25H,9-10,12H2,1-2H3,(H2,21,22,23,26)/t17-/m0/s1. The number of likely N-dealkylation sites (N-methyl/N-ethyl adjacent to an activating group) is 1. The number of hydrogen-bond donors (Lipinski definition) is 3. The second-order valence-electron chi connectivity index (χ2n) is 6.76. The molecule has 3 N–H and O–H groups in total. The number of aromatic nitrogens is 2. The van der Waals surface area contributed by atoms with E-state index in [9.17, 15) is 9.90 Å². The van der Waals surface area contributed by atoms with Crippen molar-refractivity contribution in [1.29, 1.82) is 0 Å². The average Bonchev–Trinajstić information content (AvgIpc) is 3.12. The Morgan fingerprint density at radius 1 is 1.22 bits per heavy atom. The zero-order valence-electron chi connectivity index (χ0n) is 15.5. The minimum atomic E-state index is -0.155. The number of hydrogen-bond acceptors (Lipinski definition) is 6. The summed E-state index contributed by atoms with van der Waals surface area (Å²) in [6.07, 6.45) is 1.46. The van der Waals surface area contributed by atoms with Crippen molar-refractivity contribution in [2.75, 3.05) is 26.0 Å². The van der Waals surface area contributed by atoms with Crippen LogP contribution in [0.4, 0.5) is 5.95 Å². The predicted molar refractivity (Wildman–Crippen MR) is 110 cm³/mol. The molecule has 2 heterocycles. The van der Waals surface area contributed by atoms with E-state index in [4.69, 9.17) is 0 Å². The van der Waals surface area contributed by atoms with Crippen LogP contribution >= 0.6 is 11.3 Å². The predicted octanol–water partition coefficient (Wildman–Crippen LogP) is 2.71. The molecule has 0 aliphatic rings. The van der Waals surface area contributed by atoms with Gasteiger partial charge in [-0.25, -0.2) is 4.98 Å². The summed E-state index contributed by atoms with van der Waals surface area (Å²) >= 11 is 1.64.